The van der Waals surface area contributed by atoms with E-state index in [2.05, 4.69) is 22.0 Å². The molecule has 1 aromatic rings. The molecule has 100 valence electrons. The Balaban J connectivity index is 2.53. The first-order valence-electron chi connectivity index (χ1n) is 6.22. The van der Waals surface area contributed by atoms with Gasteiger partial charge in [-0.25, -0.2) is 0 Å². The normalized spacial score (nSPS) is 10.4. The number of carbonyl (C=O) groups is 1. The van der Waals surface area contributed by atoms with Crippen LogP contribution >= 0.6 is 15.9 Å². The maximum Gasteiger partial charge on any atom is 0.222 e. The third kappa shape index (κ3) is 4.42. The van der Waals surface area contributed by atoms with Gasteiger partial charge in [0, 0.05) is 24.0 Å². The van der Waals surface area contributed by atoms with Crippen molar-refractivity contribution in [2.75, 3.05) is 19.7 Å². The smallest absolute Gasteiger partial charge is 0.222 e. The lowest BCUT2D eigenvalue weighted by molar-refractivity contribution is -0.131. The van der Waals surface area contributed by atoms with Crippen molar-refractivity contribution in [3.8, 4) is 0 Å². The van der Waals surface area contributed by atoms with E-state index in [1.165, 1.54) is 11.1 Å². The zero-order valence-electron chi connectivity index (χ0n) is 10.9. The molecule has 0 heterocycles. The Kier molecular flexibility index (Phi) is 6.36. The Morgan fingerprint density at radius 3 is 2.72 bits per heavy atom. The number of aryl methyl sites for hydroxylation is 2. The Hall–Kier alpha value is -0.870. The van der Waals surface area contributed by atoms with E-state index < -0.39 is 0 Å². The number of hydrogen-bond acceptors (Lipinski definition) is 2. The van der Waals surface area contributed by atoms with Crippen molar-refractivity contribution in [1.29, 1.82) is 0 Å². The van der Waals surface area contributed by atoms with E-state index in [4.69, 9.17) is 5.11 Å². The molecule has 1 rings (SSSR count). The minimum Gasteiger partial charge on any atom is -0.395 e. The molecular formula is C14H20BrNO2. The highest BCUT2D eigenvalue weighted by Crippen LogP contribution is 2.18. The number of aliphatic hydroxyl groups is 1. The summed E-state index contributed by atoms with van der Waals surface area (Å²) in [6, 6.07) is 6.15. The molecular weight excluding hydrogens is 294 g/mol. The largest absolute Gasteiger partial charge is 0.395 e. The fourth-order valence-corrected chi connectivity index (χ4v) is 2.10. The second-order valence-corrected chi connectivity index (χ2v) is 5.13. The van der Waals surface area contributed by atoms with Gasteiger partial charge in [-0.05, 0) is 37.5 Å². The molecule has 0 radical (unpaired) electrons. The molecule has 1 amide bonds. The van der Waals surface area contributed by atoms with Crippen molar-refractivity contribution in [1.82, 2.24) is 4.90 Å². The zero-order valence-corrected chi connectivity index (χ0v) is 12.5. The predicted octanol–water partition coefficient (Wildman–Crippen LogP) is 2.53. The van der Waals surface area contributed by atoms with Crippen LogP contribution in [0.15, 0.2) is 22.7 Å². The van der Waals surface area contributed by atoms with Crippen molar-refractivity contribution < 1.29 is 9.90 Å². The summed E-state index contributed by atoms with van der Waals surface area (Å²) in [6.45, 7) is 5.07. The third-order valence-electron chi connectivity index (χ3n) is 2.95. The molecule has 0 atom stereocenters. The van der Waals surface area contributed by atoms with Gasteiger partial charge in [0.1, 0.15) is 0 Å². The SMILES string of the molecule is CCN(CCO)C(=O)CCc1ccc(Br)c(C)c1. The van der Waals surface area contributed by atoms with Crippen LogP contribution in [0.5, 0.6) is 0 Å². The van der Waals surface area contributed by atoms with Gasteiger partial charge in [0.25, 0.3) is 0 Å². The molecule has 0 aromatic heterocycles. The van der Waals surface area contributed by atoms with Crippen molar-refractivity contribution in [3.63, 3.8) is 0 Å². The van der Waals surface area contributed by atoms with Gasteiger partial charge in [-0.3, -0.25) is 4.79 Å². The molecule has 0 aliphatic rings. The minimum absolute atomic E-state index is 0.0248. The van der Waals surface area contributed by atoms with E-state index in [0.29, 0.717) is 19.5 Å². The molecule has 18 heavy (non-hydrogen) atoms. The highest BCUT2D eigenvalue weighted by atomic mass is 79.9. The van der Waals surface area contributed by atoms with Crippen LogP contribution in [-0.2, 0) is 11.2 Å². The second-order valence-electron chi connectivity index (χ2n) is 4.28. The molecule has 4 heteroatoms. The average molecular weight is 314 g/mol. The van der Waals surface area contributed by atoms with E-state index >= 15 is 0 Å². The summed E-state index contributed by atoms with van der Waals surface area (Å²) in [7, 11) is 0. The number of nitrogens with zero attached hydrogens (tertiary/aromatic N) is 1. The van der Waals surface area contributed by atoms with E-state index in [0.717, 1.165) is 10.9 Å². The number of halogens is 1. The van der Waals surface area contributed by atoms with Crippen molar-refractivity contribution >= 4 is 21.8 Å². The summed E-state index contributed by atoms with van der Waals surface area (Å²) in [6.07, 6.45) is 1.24. The van der Waals surface area contributed by atoms with E-state index in [1.807, 2.05) is 26.0 Å². The molecule has 0 saturated carbocycles. The molecule has 0 unspecified atom stereocenters. The quantitative estimate of drug-likeness (QED) is 0.876. The molecule has 0 fully saturated rings. The zero-order chi connectivity index (χ0) is 13.5. The van der Waals surface area contributed by atoms with Gasteiger partial charge < -0.3 is 10.0 Å². The van der Waals surface area contributed by atoms with Crippen LogP contribution in [0.1, 0.15) is 24.5 Å². The average Bonchev–Trinajstić information content (AvgIpc) is 2.37. The lowest BCUT2D eigenvalue weighted by atomic mass is 10.1. The first kappa shape index (κ1) is 15.2. The van der Waals surface area contributed by atoms with Crippen molar-refractivity contribution in [3.05, 3.63) is 33.8 Å². The van der Waals surface area contributed by atoms with Crippen molar-refractivity contribution in [2.24, 2.45) is 0 Å². The minimum atomic E-state index is 0.0248. The molecule has 0 aliphatic carbocycles. The first-order chi connectivity index (χ1) is 8.58. The number of likely N-dealkylation sites (N-methyl/N-ethyl adjacent to an activating group) is 1. The summed E-state index contributed by atoms with van der Waals surface area (Å²) >= 11 is 3.46. The molecule has 0 aliphatic heterocycles. The van der Waals surface area contributed by atoms with Crippen LogP contribution in [-0.4, -0.2) is 35.6 Å². The van der Waals surface area contributed by atoms with Gasteiger partial charge in [0.15, 0.2) is 0 Å². The first-order valence-corrected chi connectivity index (χ1v) is 7.01. The van der Waals surface area contributed by atoms with Crippen LogP contribution < -0.4 is 0 Å². The summed E-state index contributed by atoms with van der Waals surface area (Å²) in [5.41, 5.74) is 2.35. The summed E-state index contributed by atoms with van der Waals surface area (Å²) in [5, 5.41) is 8.87. The van der Waals surface area contributed by atoms with Crippen LogP contribution in [0, 0.1) is 6.92 Å². The van der Waals surface area contributed by atoms with Crippen LogP contribution in [0.4, 0.5) is 0 Å². The fraction of sp³-hybridized carbons (Fsp3) is 0.500. The highest BCUT2D eigenvalue weighted by Gasteiger charge is 2.10. The molecule has 0 saturated heterocycles. The molecule has 1 aromatic carbocycles. The summed E-state index contributed by atoms with van der Waals surface area (Å²) in [4.78, 5) is 13.6. The number of carbonyl (C=O) groups excluding carboxylic acids is 1. The number of hydrogen-bond donors (Lipinski definition) is 1. The standard InChI is InChI=1S/C14H20BrNO2/c1-3-16(8-9-17)14(18)7-5-12-4-6-13(15)11(2)10-12/h4,6,10,17H,3,5,7-9H2,1-2H3. The topological polar surface area (TPSA) is 40.5 Å². The van der Waals surface area contributed by atoms with Gasteiger partial charge in [-0.1, -0.05) is 28.1 Å². The second kappa shape index (κ2) is 7.54. The van der Waals surface area contributed by atoms with E-state index in [1.54, 1.807) is 4.90 Å². The predicted molar refractivity (Wildman–Crippen MR) is 76.5 cm³/mol. The Morgan fingerprint density at radius 2 is 2.17 bits per heavy atom. The maximum atomic E-state index is 11.9. The van der Waals surface area contributed by atoms with Crippen molar-refractivity contribution in [2.45, 2.75) is 26.7 Å². The lowest BCUT2D eigenvalue weighted by Gasteiger charge is -2.19. The maximum absolute atomic E-state index is 11.9. The molecule has 0 bridgehead atoms. The molecule has 1 N–H and O–H groups in total. The van der Waals surface area contributed by atoms with Gasteiger partial charge in [0.05, 0.1) is 6.61 Å². The van der Waals surface area contributed by atoms with Gasteiger partial charge in [0.2, 0.25) is 5.91 Å². The number of aliphatic hydroxyl groups excluding tert-OH is 1. The third-order valence-corrected chi connectivity index (χ3v) is 3.84. The highest BCUT2D eigenvalue weighted by molar-refractivity contribution is 9.10. The van der Waals surface area contributed by atoms with E-state index in [-0.39, 0.29) is 12.5 Å². The monoisotopic (exact) mass is 313 g/mol. The molecule has 3 nitrogen and oxygen atoms in total. The van der Waals surface area contributed by atoms with Crippen LogP contribution in [0.3, 0.4) is 0 Å². The fourth-order valence-electron chi connectivity index (χ4n) is 1.85. The summed E-state index contributed by atoms with van der Waals surface area (Å²) in [5.74, 6) is 0.104. The number of rotatable bonds is 6. The van der Waals surface area contributed by atoms with Crippen LogP contribution in [0.25, 0.3) is 0 Å². The van der Waals surface area contributed by atoms with Gasteiger partial charge in [-0.2, -0.15) is 0 Å². The lowest BCUT2D eigenvalue weighted by Crippen LogP contribution is -2.33. The molecule has 0 spiro atoms. The Labute approximate surface area is 117 Å². The summed E-state index contributed by atoms with van der Waals surface area (Å²) < 4.78 is 1.09. The van der Waals surface area contributed by atoms with Crippen LogP contribution in [0.2, 0.25) is 0 Å². The van der Waals surface area contributed by atoms with E-state index in [9.17, 15) is 4.79 Å². The Morgan fingerprint density at radius 1 is 1.44 bits per heavy atom. The number of benzene rings is 1. The van der Waals surface area contributed by atoms with Gasteiger partial charge >= 0.3 is 0 Å². The Bertz CT molecular complexity index is 407. The number of amides is 1. The van der Waals surface area contributed by atoms with Gasteiger partial charge in [-0.15, -0.1) is 0 Å².